The Labute approximate surface area is 254 Å². The Morgan fingerprint density at radius 2 is 0.955 bits per heavy atom. The van der Waals surface area contributed by atoms with Gasteiger partial charge >= 0.3 is 12.4 Å². The Morgan fingerprint density at radius 1 is 0.500 bits per heavy atom. The second kappa shape index (κ2) is 11.4. The predicted octanol–water partition coefficient (Wildman–Crippen LogP) is 9.68. The minimum absolute atomic E-state index is 0.0410. The second-order valence-corrected chi connectivity index (χ2v) is 13.6. The maximum Gasteiger partial charge on any atom is 0.411 e. The molecule has 0 fully saturated rings. The quantitative estimate of drug-likeness (QED) is 0.198. The van der Waals surface area contributed by atoms with Crippen molar-refractivity contribution in [3.8, 4) is 0 Å². The summed E-state index contributed by atoms with van der Waals surface area (Å²) in [6.07, 6.45) is -11.7. The molecule has 0 atom stereocenters. The van der Waals surface area contributed by atoms with Crippen LogP contribution < -0.4 is 0 Å². The molecule has 0 aromatic heterocycles. The van der Waals surface area contributed by atoms with E-state index in [1.165, 1.54) is 31.2 Å². The Kier molecular flexibility index (Phi) is 8.63. The summed E-state index contributed by atoms with van der Waals surface area (Å²) in [5.74, 6) is 0. The van der Waals surface area contributed by atoms with E-state index in [0.717, 1.165) is 41.0 Å². The highest BCUT2D eigenvalue weighted by molar-refractivity contribution is 7.91. The molecule has 0 amide bonds. The third-order valence-corrected chi connectivity index (χ3v) is 10.5. The van der Waals surface area contributed by atoms with Crippen LogP contribution in [0, 0.1) is 48.5 Å². The third kappa shape index (κ3) is 5.67. The van der Waals surface area contributed by atoms with Crippen molar-refractivity contribution in [2.75, 3.05) is 0 Å². The zero-order valence-electron chi connectivity index (χ0n) is 25.6. The summed E-state index contributed by atoms with van der Waals surface area (Å²) in [5.41, 5.74) is -1.41. The molecule has 0 saturated heterocycles. The molecule has 0 bridgehead atoms. The van der Waals surface area contributed by atoms with E-state index in [0.29, 0.717) is 22.3 Å². The topological polar surface area (TPSA) is 34.1 Å². The van der Waals surface area contributed by atoms with Gasteiger partial charge in [-0.3, -0.25) is 0 Å². The number of halogens is 6. The van der Waals surface area contributed by atoms with E-state index >= 15 is 0 Å². The fraction of sp³-hybridized carbons (Fsp3) is 0.314. The molecular formula is C35H34F6O2S. The fourth-order valence-electron chi connectivity index (χ4n) is 5.50. The van der Waals surface area contributed by atoms with Gasteiger partial charge < -0.3 is 0 Å². The maximum absolute atomic E-state index is 14.9. The van der Waals surface area contributed by atoms with Crippen LogP contribution in [0.15, 0.2) is 76.5 Å². The SMILES string of the molecule is Cc1ccc(C(c2ccc(C)c(Cc3cc(C)c(C)cc3S(=O)(=O)c3ccc(C)c(C)c3)c2)(C(F)(F)F)C(F)(F)F)cc1C. The number of sulfone groups is 1. The first kappa shape index (κ1) is 33.3. The van der Waals surface area contributed by atoms with Gasteiger partial charge in [-0.05, 0) is 134 Å². The van der Waals surface area contributed by atoms with E-state index in [1.807, 2.05) is 6.92 Å². The van der Waals surface area contributed by atoms with Crippen molar-refractivity contribution in [1.82, 2.24) is 0 Å². The van der Waals surface area contributed by atoms with Crippen molar-refractivity contribution in [1.29, 1.82) is 0 Å². The van der Waals surface area contributed by atoms with Gasteiger partial charge in [0.1, 0.15) is 0 Å². The monoisotopic (exact) mass is 632 g/mol. The van der Waals surface area contributed by atoms with Gasteiger partial charge in [0.15, 0.2) is 0 Å². The minimum atomic E-state index is -5.74. The van der Waals surface area contributed by atoms with Gasteiger partial charge in [-0.2, -0.15) is 26.3 Å². The molecule has 44 heavy (non-hydrogen) atoms. The smallest absolute Gasteiger partial charge is 0.219 e. The maximum atomic E-state index is 14.9. The van der Waals surface area contributed by atoms with Gasteiger partial charge in [-0.25, -0.2) is 8.42 Å². The molecule has 0 saturated carbocycles. The molecule has 4 aromatic carbocycles. The first-order valence-electron chi connectivity index (χ1n) is 14.0. The summed E-state index contributed by atoms with van der Waals surface area (Å²) in [4.78, 5) is 0.0131. The van der Waals surface area contributed by atoms with E-state index in [9.17, 15) is 34.8 Å². The molecule has 0 unspecified atom stereocenters. The number of rotatable bonds is 6. The molecule has 0 aliphatic heterocycles. The highest BCUT2D eigenvalue weighted by Gasteiger charge is 2.72. The highest BCUT2D eigenvalue weighted by atomic mass is 32.2. The average molecular weight is 633 g/mol. The lowest BCUT2D eigenvalue weighted by atomic mass is 9.71. The first-order valence-corrected chi connectivity index (χ1v) is 15.4. The van der Waals surface area contributed by atoms with Crippen LogP contribution in [0.2, 0.25) is 0 Å². The summed E-state index contributed by atoms with van der Waals surface area (Å²) in [7, 11) is -4.08. The number of benzene rings is 4. The van der Waals surface area contributed by atoms with Crippen molar-refractivity contribution >= 4 is 9.84 Å². The van der Waals surface area contributed by atoms with E-state index in [1.54, 1.807) is 52.8 Å². The van der Waals surface area contributed by atoms with Gasteiger partial charge in [-0.1, -0.05) is 48.5 Å². The van der Waals surface area contributed by atoms with E-state index < -0.39 is 38.7 Å². The van der Waals surface area contributed by atoms with E-state index in [2.05, 4.69) is 0 Å². The van der Waals surface area contributed by atoms with Crippen molar-refractivity contribution in [3.63, 3.8) is 0 Å². The van der Waals surface area contributed by atoms with E-state index in [-0.39, 0.29) is 27.3 Å². The molecule has 0 aliphatic rings. The molecule has 0 heterocycles. The number of alkyl halides is 6. The summed E-state index contributed by atoms with van der Waals surface area (Å²) >= 11 is 0. The zero-order valence-corrected chi connectivity index (χ0v) is 26.4. The molecular weight excluding hydrogens is 598 g/mol. The third-order valence-electron chi connectivity index (χ3n) is 8.71. The van der Waals surface area contributed by atoms with Crippen LogP contribution in [0.4, 0.5) is 26.3 Å². The Morgan fingerprint density at radius 3 is 1.48 bits per heavy atom. The minimum Gasteiger partial charge on any atom is -0.219 e. The van der Waals surface area contributed by atoms with Crippen LogP contribution in [-0.2, 0) is 21.7 Å². The number of hydrogen-bond donors (Lipinski definition) is 0. The zero-order chi connectivity index (χ0) is 33.0. The molecule has 0 aliphatic carbocycles. The van der Waals surface area contributed by atoms with Crippen LogP contribution in [-0.4, -0.2) is 20.8 Å². The summed E-state index contributed by atoms with van der Waals surface area (Å²) in [6.45, 7) is 11.8. The first-order chi connectivity index (χ1) is 20.2. The second-order valence-electron chi connectivity index (χ2n) is 11.7. The van der Waals surface area contributed by atoms with Gasteiger partial charge in [0.2, 0.25) is 15.3 Å². The summed E-state index contributed by atoms with van der Waals surface area (Å²) < 4.78 is 117. The molecule has 0 spiro atoms. The Bertz CT molecular complexity index is 1840. The van der Waals surface area contributed by atoms with Crippen molar-refractivity contribution in [2.24, 2.45) is 0 Å². The molecule has 4 aromatic rings. The van der Waals surface area contributed by atoms with Crippen LogP contribution in [0.1, 0.15) is 61.2 Å². The lowest BCUT2D eigenvalue weighted by molar-refractivity contribution is -0.288. The predicted molar refractivity (Wildman–Crippen MR) is 160 cm³/mol. The van der Waals surface area contributed by atoms with Crippen LogP contribution in [0.5, 0.6) is 0 Å². The molecule has 4 rings (SSSR count). The number of aryl methyl sites for hydroxylation is 7. The summed E-state index contributed by atoms with van der Waals surface area (Å²) in [6, 6.07) is 14.0. The molecule has 0 N–H and O–H groups in total. The molecule has 234 valence electrons. The number of hydrogen-bond acceptors (Lipinski definition) is 2. The standard InChI is InChI=1S/C35H34F6O2S/c1-20-8-11-29(15-24(20)5)33(34(36,37)38,35(39,40)41)30-12-9-22(3)27(19-30)18-28-14-23(4)26(7)17-32(28)44(42,43)31-13-10-21(2)25(6)16-31/h8-17,19H,18H2,1-7H3. The molecule has 0 radical (unpaired) electrons. The molecule has 2 nitrogen and oxygen atoms in total. The lowest BCUT2D eigenvalue weighted by Crippen LogP contribution is -2.54. The van der Waals surface area contributed by atoms with Crippen LogP contribution >= 0.6 is 0 Å². The highest BCUT2D eigenvalue weighted by Crippen LogP contribution is 2.56. The van der Waals surface area contributed by atoms with Crippen molar-refractivity contribution in [3.05, 3.63) is 128 Å². The Balaban J connectivity index is 1.97. The van der Waals surface area contributed by atoms with Crippen molar-refractivity contribution < 1.29 is 34.8 Å². The van der Waals surface area contributed by atoms with Gasteiger partial charge in [0.05, 0.1) is 9.79 Å². The Hall–Kier alpha value is -3.59. The molecule has 9 heteroatoms. The normalized spacial score (nSPS) is 12.9. The van der Waals surface area contributed by atoms with Crippen molar-refractivity contribution in [2.45, 2.75) is 82.4 Å². The van der Waals surface area contributed by atoms with Gasteiger partial charge in [0, 0.05) is 0 Å². The van der Waals surface area contributed by atoms with Gasteiger partial charge in [0.25, 0.3) is 0 Å². The van der Waals surface area contributed by atoms with E-state index in [4.69, 9.17) is 0 Å². The van der Waals surface area contributed by atoms with Crippen LogP contribution in [0.3, 0.4) is 0 Å². The summed E-state index contributed by atoms with van der Waals surface area (Å²) in [5, 5.41) is 0. The van der Waals surface area contributed by atoms with Crippen LogP contribution in [0.25, 0.3) is 0 Å². The largest absolute Gasteiger partial charge is 0.411 e. The van der Waals surface area contributed by atoms with Gasteiger partial charge in [-0.15, -0.1) is 0 Å². The lowest BCUT2D eigenvalue weighted by Gasteiger charge is -2.39. The average Bonchev–Trinajstić information content (AvgIpc) is 2.90. The fourth-order valence-corrected chi connectivity index (χ4v) is 7.14.